The van der Waals surface area contributed by atoms with E-state index in [9.17, 15) is 9.59 Å². The van der Waals surface area contributed by atoms with Gasteiger partial charge in [-0.15, -0.1) is 0 Å². The fourth-order valence-electron chi connectivity index (χ4n) is 5.11. The molecule has 0 amide bonds. The molecule has 0 aromatic heterocycles. The minimum absolute atomic E-state index is 0.0233. The van der Waals surface area contributed by atoms with E-state index in [0.29, 0.717) is 43.8 Å². The minimum atomic E-state index is -0.411. The molecule has 0 saturated carbocycles. The molecule has 2 aromatic rings. The van der Waals surface area contributed by atoms with Crippen molar-refractivity contribution >= 4 is 11.8 Å². The second kappa shape index (κ2) is 14.2. The topological polar surface area (TPSA) is 80.3 Å². The lowest BCUT2D eigenvalue weighted by Crippen LogP contribution is -2.37. The van der Waals surface area contributed by atoms with Crippen LogP contribution in [0.3, 0.4) is 0 Å². The van der Waals surface area contributed by atoms with Crippen LogP contribution in [0.4, 0.5) is 0 Å². The highest BCUT2D eigenvalue weighted by atomic mass is 16.5. The van der Waals surface area contributed by atoms with E-state index in [4.69, 9.17) is 23.7 Å². The number of benzene rings is 2. The van der Waals surface area contributed by atoms with E-state index in [1.807, 2.05) is 6.07 Å². The fourth-order valence-corrected chi connectivity index (χ4v) is 5.11. The van der Waals surface area contributed by atoms with Crippen LogP contribution in [0.2, 0.25) is 0 Å². The Hall–Kier alpha value is -3.22. The van der Waals surface area contributed by atoms with E-state index < -0.39 is 5.60 Å². The number of esters is 1. The SMILES string of the molecule is CCCc1c(OCCCOc2ccc(C(C)=O)c(OC)c2CCC)ccc2c1OC(C)(CCC(=O)OC)CC2. The van der Waals surface area contributed by atoms with Gasteiger partial charge in [-0.3, -0.25) is 9.59 Å². The van der Waals surface area contributed by atoms with Crippen molar-refractivity contribution < 1.29 is 33.3 Å². The number of hydrogen-bond acceptors (Lipinski definition) is 7. The van der Waals surface area contributed by atoms with Crippen molar-refractivity contribution in [2.75, 3.05) is 27.4 Å². The van der Waals surface area contributed by atoms with Gasteiger partial charge < -0.3 is 23.7 Å². The van der Waals surface area contributed by atoms with Gasteiger partial charge in [0.1, 0.15) is 28.6 Å². The predicted molar refractivity (Wildman–Crippen MR) is 152 cm³/mol. The largest absolute Gasteiger partial charge is 0.496 e. The van der Waals surface area contributed by atoms with Crippen molar-refractivity contribution in [1.82, 2.24) is 0 Å². The summed E-state index contributed by atoms with van der Waals surface area (Å²) < 4.78 is 29.3. The van der Waals surface area contributed by atoms with Crippen molar-refractivity contribution in [1.29, 1.82) is 0 Å². The van der Waals surface area contributed by atoms with Crippen LogP contribution in [-0.2, 0) is 28.8 Å². The van der Waals surface area contributed by atoms with Crippen LogP contribution >= 0.6 is 0 Å². The standard InChI is InChI=1S/C32H44O7/c1-7-10-25-27(14-12-23-16-18-32(4,39-30(23)25)19-17-29(34)35-5)37-20-9-21-38-28-15-13-24(22(3)33)31(36-6)26(28)11-8-2/h12-15H,7-11,16-21H2,1-6H3. The number of Topliss-reactive ketones (excluding diaryl/α,β-unsaturated/α-hetero) is 1. The molecule has 0 fully saturated rings. The van der Waals surface area contributed by atoms with Gasteiger partial charge >= 0.3 is 5.97 Å². The molecule has 1 aliphatic heterocycles. The first-order valence-electron chi connectivity index (χ1n) is 14.1. The monoisotopic (exact) mass is 540 g/mol. The van der Waals surface area contributed by atoms with Gasteiger partial charge in [-0.1, -0.05) is 32.8 Å². The summed E-state index contributed by atoms with van der Waals surface area (Å²) in [6.45, 7) is 8.85. The third-order valence-electron chi connectivity index (χ3n) is 7.26. The Morgan fingerprint density at radius 1 is 0.949 bits per heavy atom. The molecular weight excluding hydrogens is 496 g/mol. The summed E-state index contributed by atoms with van der Waals surface area (Å²) in [6.07, 6.45) is 6.92. The lowest BCUT2D eigenvalue weighted by atomic mass is 9.87. The number of fused-ring (bicyclic) bond motifs is 1. The highest BCUT2D eigenvalue weighted by Gasteiger charge is 2.34. The molecule has 39 heavy (non-hydrogen) atoms. The van der Waals surface area contributed by atoms with Crippen molar-refractivity contribution in [3.05, 3.63) is 46.5 Å². The molecule has 1 aliphatic rings. The van der Waals surface area contributed by atoms with Crippen molar-refractivity contribution in [3.63, 3.8) is 0 Å². The van der Waals surface area contributed by atoms with E-state index in [1.165, 1.54) is 12.7 Å². The van der Waals surface area contributed by atoms with Crippen molar-refractivity contribution in [2.45, 2.75) is 91.1 Å². The first-order valence-corrected chi connectivity index (χ1v) is 14.1. The molecule has 0 aliphatic carbocycles. The van der Waals surface area contributed by atoms with E-state index in [1.54, 1.807) is 20.1 Å². The van der Waals surface area contributed by atoms with Gasteiger partial charge in [0.15, 0.2) is 5.78 Å². The van der Waals surface area contributed by atoms with Gasteiger partial charge in [0, 0.05) is 24.0 Å². The summed E-state index contributed by atoms with van der Waals surface area (Å²) >= 11 is 0. The summed E-state index contributed by atoms with van der Waals surface area (Å²) in [4.78, 5) is 23.8. The Morgan fingerprint density at radius 3 is 2.21 bits per heavy atom. The number of hydrogen-bond donors (Lipinski definition) is 0. The zero-order valence-electron chi connectivity index (χ0n) is 24.4. The Morgan fingerprint density at radius 2 is 1.59 bits per heavy atom. The number of carbonyl (C=O) groups is 2. The van der Waals surface area contributed by atoms with Gasteiger partial charge in [-0.25, -0.2) is 0 Å². The Labute approximate surface area is 233 Å². The number of ether oxygens (including phenoxy) is 5. The maximum absolute atomic E-state index is 12.0. The van der Waals surface area contributed by atoms with E-state index >= 15 is 0 Å². The molecule has 0 N–H and O–H groups in total. The van der Waals surface area contributed by atoms with Crippen LogP contribution in [0.25, 0.3) is 0 Å². The molecule has 0 spiro atoms. The molecule has 2 aromatic carbocycles. The van der Waals surface area contributed by atoms with Crippen LogP contribution in [0.5, 0.6) is 23.0 Å². The van der Waals surface area contributed by atoms with Crippen LogP contribution in [0.15, 0.2) is 24.3 Å². The first-order chi connectivity index (χ1) is 18.8. The smallest absolute Gasteiger partial charge is 0.305 e. The van der Waals surface area contributed by atoms with Gasteiger partial charge in [0.25, 0.3) is 0 Å². The fraction of sp³-hybridized carbons (Fsp3) is 0.562. The van der Waals surface area contributed by atoms with Crippen molar-refractivity contribution in [3.8, 4) is 23.0 Å². The molecule has 0 saturated heterocycles. The Kier molecular flexibility index (Phi) is 11.1. The lowest BCUT2D eigenvalue weighted by Gasteiger charge is -2.37. The number of methoxy groups -OCH3 is 2. The quantitative estimate of drug-likeness (QED) is 0.141. The van der Waals surface area contributed by atoms with Crippen LogP contribution in [-0.4, -0.2) is 44.8 Å². The normalized spacial score (nSPS) is 16.2. The zero-order valence-corrected chi connectivity index (χ0v) is 24.4. The second-order valence-corrected chi connectivity index (χ2v) is 10.4. The Bertz CT molecular complexity index is 1140. The highest BCUT2D eigenvalue weighted by molar-refractivity contribution is 5.97. The number of rotatable bonds is 15. The van der Waals surface area contributed by atoms with E-state index in [0.717, 1.165) is 66.9 Å². The van der Waals surface area contributed by atoms with Crippen LogP contribution < -0.4 is 18.9 Å². The summed E-state index contributed by atoms with van der Waals surface area (Å²) in [5.74, 6) is 2.87. The molecule has 1 heterocycles. The minimum Gasteiger partial charge on any atom is -0.496 e. The number of ketones is 1. The molecule has 0 bridgehead atoms. The maximum Gasteiger partial charge on any atom is 0.305 e. The molecule has 3 rings (SSSR count). The van der Waals surface area contributed by atoms with Gasteiger partial charge in [-0.05, 0) is 69.7 Å². The molecule has 1 unspecified atom stereocenters. The van der Waals surface area contributed by atoms with E-state index in [-0.39, 0.29) is 11.8 Å². The predicted octanol–water partition coefficient (Wildman–Crippen LogP) is 6.69. The van der Waals surface area contributed by atoms with Gasteiger partial charge in [0.2, 0.25) is 0 Å². The zero-order chi connectivity index (χ0) is 28.4. The second-order valence-electron chi connectivity index (χ2n) is 10.4. The summed E-state index contributed by atoms with van der Waals surface area (Å²) in [5, 5.41) is 0. The molecule has 1 atom stereocenters. The Balaban J connectivity index is 1.66. The van der Waals surface area contributed by atoms with Crippen LogP contribution in [0.1, 0.15) is 93.3 Å². The number of aryl methyl sites for hydroxylation is 1. The van der Waals surface area contributed by atoms with Gasteiger partial charge in [0.05, 0.1) is 33.0 Å². The van der Waals surface area contributed by atoms with Crippen LogP contribution in [0, 0.1) is 0 Å². The molecular formula is C32H44O7. The first kappa shape index (κ1) is 30.3. The lowest BCUT2D eigenvalue weighted by molar-refractivity contribution is -0.141. The van der Waals surface area contributed by atoms with Gasteiger partial charge in [-0.2, -0.15) is 0 Å². The summed E-state index contributed by atoms with van der Waals surface area (Å²) in [6, 6.07) is 7.79. The average molecular weight is 541 g/mol. The summed E-state index contributed by atoms with van der Waals surface area (Å²) in [7, 11) is 3.01. The third kappa shape index (κ3) is 7.68. The maximum atomic E-state index is 12.0. The average Bonchev–Trinajstić information content (AvgIpc) is 2.93. The molecule has 0 radical (unpaired) electrons. The van der Waals surface area contributed by atoms with E-state index in [2.05, 4.69) is 32.9 Å². The molecule has 214 valence electrons. The number of carbonyl (C=O) groups excluding carboxylic acids is 2. The van der Waals surface area contributed by atoms with Crippen molar-refractivity contribution in [2.24, 2.45) is 0 Å². The highest BCUT2D eigenvalue weighted by Crippen LogP contribution is 2.42. The molecule has 7 heteroatoms. The summed E-state index contributed by atoms with van der Waals surface area (Å²) in [5.41, 5.74) is 3.38. The molecule has 7 nitrogen and oxygen atoms in total. The third-order valence-corrected chi connectivity index (χ3v) is 7.26.